The molecule has 1 aromatic carbocycles. The fraction of sp³-hybridized carbons (Fsp3) is 0.250. The molecule has 0 fully saturated rings. The Hall–Kier alpha value is -2.77. The van der Waals surface area contributed by atoms with Crippen molar-refractivity contribution in [3.63, 3.8) is 0 Å². The third-order valence-corrected chi connectivity index (χ3v) is 4.54. The van der Waals surface area contributed by atoms with Crippen molar-refractivity contribution in [3.05, 3.63) is 58.0 Å². The first-order valence-electron chi connectivity index (χ1n) is 8.71. The number of imidazole rings is 1. The van der Waals surface area contributed by atoms with E-state index < -0.39 is 17.7 Å². The number of halogens is 2. The van der Waals surface area contributed by atoms with E-state index in [0.29, 0.717) is 32.4 Å². The fourth-order valence-corrected chi connectivity index (χ4v) is 3.31. The van der Waals surface area contributed by atoms with Gasteiger partial charge in [-0.3, -0.25) is 4.40 Å². The zero-order valence-corrected chi connectivity index (χ0v) is 17.5. The van der Waals surface area contributed by atoms with Gasteiger partial charge in [0.1, 0.15) is 11.2 Å². The van der Waals surface area contributed by atoms with Crippen LogP contribution in [-0.4, -0.2) is 32.2 Å². The van der Waals surface area contributed by atoms with Crippen molar-refractivity contribution in [2.75, 3.05) is 0 Å². The summed E-state index contributed by atoms with van der Waals surface area (Å²) in [6, 6.07) is 6.72. The van der Waals surface area contributed by atoms with E-state index in [0.717, 1.165) is 0 Å². The van der Waals surface area contributed by atoms with Crippen LogP contribution in [0.3, 0.4) is 0 Å². The number of fused-ring (bicyclic) bond motifs is 1. The Kier molecular flexibility index (Phi) is 5.73. The van der Waals surface area contributed by atoms with E-state index in [1.807, 2.05) is 0 Å². The van der Waals surface area contributed by atoms with Gasteiger partial charge in [-0.1, -0.05) is 29.3 Å². The van der Waals surface area contributed by atoms with Crippen molar-refractivity contribution in [1.82, 2.24) is 14.7 Å². The number of rotatable bonds is 4. The van der Waals surface area contributed by atoms with E-state index in [4.69, 9.17) is 27.9 Å². The minimum Gasteiger partial charge on any atom is -0.477 e. The van der Waals surface area contributed by atoms with E-state index in [9.17, 15) is 14.7 Å². The number of hydrogen-bond donors (Lipinski definition) is 2. The largest absolute Gasteiger partial charge is 0.477 e. The Labute approximate surface area is 177 Å². The number of benzene rings is 1. The molecule has 0 bridgehead atoms. The van der Waals surface area contributed by atoms with E-state index in [2.05, 4.69) is 10.3 Å². The lowest BCUT2D eigenvalue weighted by Gasteiger charge is -2.20. The summed E-state index contributed by atoms with van der Waals surface area (Å²) < 4.78 is 6.73. The number of aromatic carboxylic acids is 1. The molecule has 152 valence electrons. The summed E-state index contributed by atoms with van der Waals surface area (Å²) in [6.45, 7) is 5.45. The summed E-state index contributed by atoms with van der Waals surface area (Å²) in [5.74, 6) is -1.11. The Balaban J connectivity index is 2.07. The van der Waals surface area contributed by atoms with E-state index in [1.54, 1.807) is 51.2 Å². The number of aromatic nitrogens is 2. The minimum absolute atomic E-state index is 0.0120. The van der Waals surface area contributed by atoms with Crippen LogP contribution in [0.5, 0.6) is 0 Å². The first kappa shape index (κ1) is 21.0. The zero-order valence-electron chi connectivity index (χ0n) is 16.0. The van der Waals surface area contributed by atoms with Crippen molar-refractivity contribution < 1.29 is 19.4 Å². The molecule has 9 heteroatoms. The SMILES string of the molecule is CC(C)(C)OC(=O)NCc1cc2ncc(C(=O)O)n2cc1-c1ccc(Cl)cc1Cl. The molecule has 0 aliphatic carbocycles. The maximum atomic E-state index is 12.1. The molecule has 1 amide bonds. The van der Waals surface area contributed by atoms with Gasteiger partial charge < -0.3 is 15.2 Å². The number of nitrogens with zero attached hydrogens (tertiary/aromatic N) is 2. The average molecular weight is 436 g/mol. The van der Waals surface area contributed by atoms with Crippen LogP contribution in [0.15, 0.2) is 36.7 Å². The standard InChI is InChI=1S/C20H19Cl2N3O4/c1-20(2,3)29-19(28)24-8-11-6-17-23-9-16(18(26)27)25(17)10-14(11)13-5-4-12(21)7-15(13)22/h4-7,9-10H,8H2,1-3H3,(H,24,28)(H,26,27). The van der Waals surface area contributed by atoms with Crippen LogP contribution in [0, 0.1) is 0 Å². The molecule has 0 saturated carbocycles. The number of pyridine rings is 1. The number of carboxylic acid groups (broad SMARTS) is 1. The van der Waals surface area contributed by atoms with Crippen molar-refractivity contribution in [1.29, 1.82) is 0 Å². The maximum absolute atomic E-state index is 12.1. The van der Waals surface area contributed by atoms with E-state index in [-0.39, 0.29) is 12.2 Å². The van der Waals surface area contributed by atoms with Crippen molar-refractivity contribution in [3.8, 4) is 11.1 Å². The molecule has 29 heavy (non-hydrogen) atoms. The predicted molar refractivity (Wildman–Crippen MR) is 111 cm³/mol. The molecule has 0 radical (unpaired) electrons. The highest BCUT2D eigenvalue weighted by atomic mass is 35.5. The molecule has 0 saturated heterocycles. The van der Waals surface area contributed by atoms with Gasteiger partial charge in [0, 0.05) is 33.9 Å². The monoisotopic (exact) mass is 435 g/mol. The lowest BCUT2D eigenvalue weighted by atomic mass is 10.0. The van der Waals surface area contributed by atoms with Gasteiger partial charge in [-0.15, -0.1) is 0 Å². The van der Waals surface area contributed by atoms with Gasteiger partial charge in [-0.2, -0.15) is 0 Å². The molecule has 3 rings (SSSR count). The smallest absolute Gasteiger partial charge is 0.407 e. The molecular weight excluding hydrogens is 417 g/mol. The molecular formula is C20H19Cl2N3O4. The van der Waals surface area contributed by atoms with Crippen LogP contribution >= 0.6 is 23.2 Å². The number of carbonyl (C=O) groups is 2. The second-order valence-electron chi connectivity index (χ2n) is 7.37. The first-order valence-corrected chi connectivity index (χ1v) is 9.46. The maximum Gasteiger partial charge on any atom is 0.407 e. The number of ether oxygens (including phenoxy) is 1. The van der Waals surface area contributed by atoms with Crippen LogP contribution < -0.4 is 5.32 Å². The third kappa shape index (κ3) is 4.81. The van der Waals surface area contributed by atoms with Crippen LogP contribution in [0.4, 0.5) is 4.79 Å². The van der Waals surface area contributed by atoms with Gasteiger partial charge in [-0.05, 0) is 44.5 Å². The van der Waals surface area contributed by atoms with Crippen LogP contribution in [0.1, 0.15) is 36.8 Å². The molecule has 0 aliphatic heterocycles. The van der Waals surface area contributed by atoms with Gasteiger partial charge >= 0.3 is 12.1 Å². The summed E-state index contributed by atoms with van der Waals surface area (Å²) >= 11 is 12.4. The number of carbonyl (C=O) groups excluding carboxylic acids is 1. The van der Waals surface area contributed by atoms with Gasteiger partial charge in [0.25, 0.3) is 0 Å². The minimum atomic E-state index is -1.11. The fourth-order valence-electron chi connectivity index (χ4n) is 2.80. The average Bonchev–Trinajstić information content (AvgIpc) is 3.01. The molecule has 7 nitrogen and oxygen atoms in total. The van der Waals surface area contributed by atoms with Gasteiger partial charge in [0.15, 0.2) is 5.69 Å². The predicted octanol–water partition coefficient (Wildman–Crippen LogP) is 5.03. The zero-order chi connectivity index (χ0) is 21.3. The first-order chi connectivity index (χ1) is 13.5. The Morgan fingerprint density at radius 2 is 1.93 bits per heavy atom. The summed E-state index contributed by atoms with van der Waals surface area (Å²) in [5, 5.41) is 13.0. The molecule has 2 aromatic heterocycles. The Bertz CT molecular complexity index is 1100. The number of nitrogens with one attached hydrogen (secondary N) is 1. The van der Waals surface area contributed by atoms with Crippen LogP contribution in [0.2, 0.25) is 10.0 Å². The molecule has 3 aromatic rings. The Morgan fingerprint density at radius 3 is 2.55 bits per heavy atom. The molecule has 2 N–H and O–H groups in total. The van der Waals surface area contributed by atoms with Crippen molar-refractivity contribution in [2.45, 2.75) is 32.9 Å². The lowest BCUT2D eigenvalue weighted by molar-refractivity contribution is 0.0523. The summed E-state index contributed by atoms with van der Waals surface area (Å²) in [5.41, 5.74) is 1.78. The number of carboxylic acids is 1. The van der Waals surface area contributed by atoms with Crippen LogP contribution in [-0.2, 0) is 11.3 Å². The van der Waals surface area contributed by atoms with Gasteiger partial charge in [-0.25, -0.2) is 14.6 Å². The lowest BCUT2D eigenvalue weighted by Crippen LogP contribution is -2.32. The quantitative estimate of drug-likeness (QED) is 0.599. The Morgan fingerprint density at radius 1 is 1.21 bits per heavy atom. The van der Waals surface area contributed by atoms with Crippen LogP contribution in [0.25, 0.3) is 16.8 Å². The molecule has 0 spiro atoms. The third-order valence-electron chi connectivity index (χ3n) is 4.00. The summed E-state index contributed by atoms with van der Waals surface area (Å²) in [7, 11) is 0. The highest BCUT2D eigenvalue weighted by Crippen LogP contribution is 2.33. The highest BCUT2D eigenvalue weighted by molar-refractivity contribution is 6.36. The normalized spacial score (nSPS) is 11.5. The number of hydrogen-bond acceptors (Lipinski definition) is 4. The highest BCUT2D eigenvalue weighted by Gasteiger charge is 2.19. The molecule has 0 aliphatic rings. The molecule has 0 atom stereocenters. The molecule has 2 heterocycles. The number of alkyl carbamates (subject to hydrolysis) is 1. The summed E-state index contributed by atoms with van der Waals surface area (Å²) in [4.78, 5) is 27.7. The number of amides is 1. The second kappa shape index (κ2) is 7.93. The van der Waals surface area contributed by atoms with E-state index >= 15 is 0 Å². The van der Waals surface area contributed by atoms with Crippen molar-refractivity contribution >= 4 is 40.9 Å². The van der Waals surface area contributed by atoms with Gasteiger partial charge in [0.05, 0.1) is 6.20 Å². The second-order valence-corrected chi connectivity index (χ2v) is 8.21. The van der Waals surface area contributed by atoms with Gasteiger partial charge in [0.2, 0.25) is 0 Å². The summed E-state index contributed by atoms with van der Waals surface area (Å²) in [6.07, 6.45) is 2.34. The molecule has 0 unspecified atom stereocenters. The van der Waals surface area contributed by atoms with E-state index in [1.165, 1.54) is 10.6 Å². The topological polar surface area (TPSA) is 92.9 Å². The van der Waals surface area contributed by atoms with Crippen molar-refractivity contribution in [2.24, 2.45) is 0 Å².